The molecule has 0 aliphatic heterocycles. The van der Waals surface area contributed by atoms with E-state index in [-0.39, 0.29) is 11.2 Å². The summed E-state index contributed by atoms with van der Waals surface area (Å²) in [5, 5.41) is 29.9. The fraction of sp³-hybridized carbons (Fsp3) is 0.444. The largest absolute Gasteiger partial charge is 0.469 e. The lowest BCUT2D eigenvalue weighted by Gasteiger charge is -2.23. The molecule has 3 atom stereocenters. The van der Waals surface area contributed by atoms with Crippen LogP contribution in [0.15, 0.2) is 21.7 Å². The molecule has 0 spiro atoms. The van der Waals surface area contributed by atoms with Crippen molar-refractivity contribution in [3.05, 3.63) is 38.5 Å². The van der Waals surface area contributed by atoms with Crippen molar-refractivity contribution >= 4 is 35.7 Å². The highest BCUT2D eigenvalue weighted by atomic mass is 31.2. The van der Waals surface area contributed by atoms with E-state index in [1.165, 1.54) is 0 Å². The molecule has 0 saturated carbocycles. The van der Waals surface area contributed by atoms with Crippen LogP contribution in [0.25, 0.3) is 22.2 Å². The zero-order valence-electron chi connectivity index (χ0n) is 17.9. The van der Waals surface area contributed by atoms with Gasteiger partial charge in [0, 0.05) is 19.8 Å². The predicted octanol–water partition coefficient (Wildman–Crippen LogP) is -1.80. The second-order valence-electron chi connectivity index (χ2n) is 7.70. The summed E-state index contributed by atoms with van der Waals surface area (Å²) < 4.78 is 15.4. The third kappa shape index (κ3) is 5.45. The maximum absolute atomic E-state index is 12.9. The Hall–Kier alpha value is -2.71. The molecule has 0 radical (unpaired) electrons. The van der Waals surface area contributed by atoms with E-state index in [2.05, 4.69) is 19.5 Å². The molecule has 14 nitrogen and oxygen atoms in total. The van der Waals surface area contributed by atoms with Crippen LogP contribution < -0.4 is 16.1 Å². The van der Waals surface area contributed by atoms with Crippen molar-refractivity contribution < 1.29 is 34.2 Å². The summed E-state index contributed by atoms with van der Waals surface area (Å²) in [6.45, 7) is 0.138. The normalized spacial score (nSPS) is 15.0. The molecule has 0 fully saturated rings. The quantitative estimate of drug-likeness (QED) is 0.154. The number of anilines is 1. The standard InChI is InChI=1S/C18H24N5O9P/c1-8-4-9-10(5-11(8)22(2)3)20-16-14(19-9)17(27)23(18(28)21-16)6-12(24)15(26)13(25)7-32-33(29,30)31/h4-5,12-13,15,24-26H,6-7H2,1-3H3,(H,20,21,28)(H2,29,30,31)/t12-,13+,15-/m0/s1. The topological polar surface area (TPSA) is 211 Å². The van der Waals surface area contributed by atoms with Crippen LogP contribution >= 0.6 is 7.82 Å². The van der Waals surface area contributed by atoms with Gasteiger partial charge in [-0.1, -0.05) is 0 Å². The van der Waals surface area contributed by atoms with E-state index < -0.39 is 50.5 Å². The number of aliphatic hydroxyl groups excluding tert-OH is 3. The van der Waals surface area contributed by atoms with E-state index in [1.54, 1.807) is 12.1 Å². The fourth-order valence-corrected chi connectivity index (χ4v) is 3.64. The van der Waals surface area contributed by atoms with Gasteiger partial charge in [-0.15, -0.1) is 0 Å². The Bertz CT molecular complexity index is 1350. The lowest BCUT2D eigenvalue weighted by Crippen LogP contribution is -2.46. The number of H-pyrrole nitrogens is 1. The lowest BCUT2D eigenvalue weighted by molar-refractivity contribution is -0.0801. The molecule has 15 heteroatoms. The van der Waals surface area contributed by atoms with Gasteiger partial charge in [0.2, 0.25) is 0 Å². The number of nitrogens with zero attached hydrogens (tertiary/aromatic N) is 4. The summed E-state index contributed by atoms with van der Waals surface area (Å²) in [6.07, 6.45) is -5.73. The van der Waals surface area contributed by atoms with Crippen LogP contribution in [0.1, 0.15) is 5.56 Å². The van der Waals surface area contributed by atoms with E-state index >= 15 is 0 Å². The molecule has 0 amide bonds. The first-order valence-electron chi connectivity index (χ1n) is 9.65. The summed E-state index contributed by atoms with van der Waals surface area (Å²) in [7, 11) is -1.19. The molecule has 2 aromatic heterocycles. The van der Waals surface area contributed by atoms with Gasteiger partial charge < -0.3 is 30.0 Å². The van der Waals surface area contributed by atoms with E-state index in [0.717, 1.165) is 11.3 Å². The zero-order chi connectivity index (χ0) is 24.7. The van der Waals surface area contributed by atoms with Crippen molar-refractivity contribution in [2.75, 3.05) is 25.6 Å². The highest BCUT2D eigenvalue weighted by Crippen LogP contribution is 2.35. The van der Waals surface area contributed by atoms with Crippen molar-refractivity contribution in [3.63, 3.8) is 0 Å². The van der Waals surface area contributed by atoms with Gasteiger partial charge in [-0.2, -0.15) is 0 Å². The Kier molecular flexibility index (Phi) is 7.00. The molecule has 0 saturated heterocycles. The average Bonchev–Trinajstić information content (AvgIpc) is 2.72. The number of fused-ring (bicyclic) bond motifs is 2. The van der Waals surface area contributed by atoms with Gasteiger partial charge in [0.1, 0.15) is 18.3 Å². The summed E-state index contributed by atoms with van der Waals surface area (Å²) >= 11 is 0. The zero-order valence-corrected chi connectivity index (χ0v) is 18.8. The minimum absolute atomic E-state index is 0.0626. The van der Waals surface area contributed by atoms with Crippen molar-refractivity contribution in [2.45, 2.75) is 31.8 Å². The number of aliphatic hydroxyl groups is 3. The van der Waals surface area contributed by atoms with Crippen molar-refractivity contribution in [2.24, 2.45) is 0 Å². The predicted molar refractivity (Wildman–Crippen MR) is 117 cm³/mol. The molecule has 6 N–H and O–H groups in total. The summed E-state index contributed by atoms with van der Waals surface area (Å²) in [5.41, 5.74) is 0.568. The van der Waals surface area contributed by atoms with Crippen LogP contribution in [0, 0.1) is 6.92 Å². The number of hydrogen-bond acceptors (Lipinski definition) is 10. The maximum atomic E-state index is 12.9. The Labute approximate surface area is 186 Å². The SMILES string of the molecule is Cc1cc2nc3c(=O)n(C[C@H](O)[C@H](O)[C@H](O)COP(=O)(O)O)c(=O)[nH]c3nc2cc1N(C)C. The van der Waals surface area contributed by atoms with Crippen LogP contribution in [-0.2, 0) is 15.6 Å². The van der Waals surface area contributed by atoms with Gasteiger partial charge in [-0.25, -0.2) is 19.3 Å². The molecular formula is C18H24N5O9P. The van der Waals surface area contributed by atoms with Crippen molar-refractivity contribution in [1.82, 2.24) is 19.5 Å². The number of phosphoric ester groups is 1. The molecule has 3 aromatic rings. The van der Waals surface area contributed by atoms with Crippen molar-refractivity contribution in [3.8, 4) is 0 Å². The van der Waals surface area contributed by atoms with E-state index in [0.29, 0.717) is 15.6 Å². The van der Waals surface area contributed by atoms with Crippen molar-refractivity contribution in [1.29, 1.82) is 0 Å². The second-order valence-corrected chi connectivity index (χ2v) is 8.94. The first-order chi connectivity index (χ1) is 15.3. The molecule has 180 valence electrons. The Balaban J connectivity index is 1.96. The highest BCUT2D eigenvalue weighted by molar-refractivity contribution is 7.46. The second kappa shape index (κ2) is 9.27. The molecule has 0 aliphatic carbocycles. The minimum Gasteiger partial charge on any atom is -0.388 e. The van der Waals surface area contributed by atoms with Crippen LogP contribution in [0.4, 0.5) is 5.69 Å². The average molecular weight is 485 g/mol. The van der Waals surface area contributed by atoms with Gasteiger partial charge in [0.05, 0.1) is 24.2 Å². The molecule has 2 heterocycles. The third-order valence-electron chi connectivity index (χ3n) is 4.95. The summed E-state index contributed by atoms with van der Waals surface area (Å²) in [5.74, 6) is 0. The summed E-state index contributed by atoms with van der Waals surface area (Å²) in [6, 6.07) is 3.50. The van der Waals surface area contributed by atoms with E-state index in [1.807, 2.05) is 25.9 Å². The fourth-order valence-electron chi connectivity index (χ4n) is 3.29. The van der Waals surface area contributed by atoms with Gasteiger partial charge >= 0.3 is 13.5 Å². The van der Waals surface area contributed by atoms with E-state index in [9.17, 15) is 29.5 Å². The molecule has 0 bridgehead atoms. The molecule has 0 aliphatic rings. The smallest absolute Gasteiger partial charge is 0.388 e. The Morgan fingerprint density at radius 3 is 2.36 bits per heavy atom. The monoisotopic (exact) mass is 485 g/mol. The van der Waals surface area contributed by atoms with Crippen LogP contribution in [0.3, 0.4) is 0 Å². The maximum Gasteiger partial charge on any atom is 0.469 e. The Morgan fingerprint density at radius 2 is 1.76 bits per heavy atom. The number of rotatable bonds is 8. The highest BCUT2D eigenvalue weighted by Gasteiger charge is 2.29. The first kappa shape index (κ1) is 24.9. The number of benzene rings is 1. The number of aryl methyl sites for hydroxylation is 1. The molecular weight excluding hydrogens is 461 g/mol. The number of nitrogens with one attached hydrogen (secondary N) is 1. The van der Waals surface area contributed by atoms with Crippen LogP contribution in [0.5, 0.6) is 0 Å². The van der Waals surface area contributed by atoms with Crippen LogP contribution in [-0.4, -0.2) is 83.6 Å². The summed E-state index contributed by atoms with van der Waals surface area (Å²) in [4.78, 5) is 55.6. The molecule has 1 aromatic carbocycles. The number of aromatic amines is 1. The van der Waals surface area contributed by atoms with E-state index in [4.69, 9.17) is 9.79 Å². The molecule has 0 unspecified atom stereocenters. The number of aromatic nitrogens is 4. The van der Waals surface area contributed by atoms with Crippen LogP contribution in [0.2, 0.25) is 0 Å². The minimum atomic E-state index is -4.91. The van der Waals surface area contributed by atoms with Gasteiger partial charge in [0.15, 0.2) is 11.2 Å². The van der Waals surface area contributed by atoms with Gasteiger partial charge in [-0.05, 0) is 24.6 Å². The molecule has 33 heavy (non-hydrogen) atoms. The third-order valence-corrected chi connectivity index (χ3v) is 5.44. The molecule has 3 rings (SSSR count). The number of hydrogen-bond donors (Lipinski definition) is 6. The Morgan fingerprint density at radius 1 is 1.12 bits per heavy atom. The van der Waals surface area contributed by atoms with Gasteiger partial charge in [-0.3, -0.25) is 18.9 Å². The first-order valence-corrected chi connectivity index (χ1v) is 11.2. The lowest BCUT2D eigenvalue weighted by atomic mass is 10.1. The number of phosphoric acid groups is 1. The van der Waals surface area contributed by atoms with Gasteiger partial charge in [0.25, 0.3) is 5.56 Å².